The van der Waals surface area contributed by atoms with Gasteiger partial charge in [0.15, 0.2) is 0 Å². The van der Waals surface area contributed by atoms with E-state index in [4.69, 9.17) is 0 Å². The molecule has 1 aliphatic heterocycles. The fourth-order valence-corrected chi connectivity index (χ4v) is 3.51. The van der Waals surface area contributed by atoms with Crippen LogP contribution < -0.4 is 10.6 Å². The van der Waals surface area contributed by atoms with Gasteiger partial charge in [0.25, 0.3) is 0 Å². The molecule has 2 heterocycles. The lowest BCUT2D eigenvalue weighted by Crippen LogP contribution is -2.35. The van der Waals surface area contributed by atoms with Crippen LogP contribution in [-0.4, -0.2) is 19.0 Å². The molecule has 1 fully saturated rings. The van der Waals surface area contributed by atoms with E-state index in [2.05, 4.69) is 34.2 Å². The minimum Gasteiger partial charge on any atom is -0.348 e. The van der Waals surface area contributed by atoms with Gasteiger partial charge in [0.1, 0.15) is 0 Å². The van der Waals surface area contributed by atoms with Gasteiger partial charge in [-0.3, -0.25) is 4.79 Å². The molecule has 2 N–H and O–H groups in total. The van der Waals surface area contributed by atoms with Gasteiger partial charge >= 0.3 is 0 Å². The first-order chi connectivity index (χ1) is 10.3. The van der Waals surface area contributed by atoms with Gasteiger partial charge in [-0.15, -0.1) is 23.7 Å². The zero-order valence-corrected chi connectivity index (χ0v) is 14.0. The predicted octanol–water partition coefficient (Wildman–Crippen LogP) is 3.18. The Morgan fingerprint density at radius 3 is 2.73 bits per heavy atom. The van der Waals surface area contributed by atoms with Crippen molar-refractivity contribution in [1.82, 2.24) is 10.6 Å². The van der Waals surface area contributed by atoms with Crippen molar-refractivity contribution in [2.24, 2.45) is 5.92 Å². The van der Waals surface area contributed by atoms with E-state index >= 15 is 0 Å². The number of amides is 1. The molecular formula is C17H21ClN2OS. The normalized spacial score (nSPS) is 18.5. The highest BCUT2D eigenvalue weighted by Gasteiger charge is 2.25. The summed E-state index contributed by atoms with van der Waals surface area (Å²) >= 11 is 1.70. The number of carbonyl (C=O) groups excluding carboxylic acids is 1. The number of hydrogen-bond acceptors (Lipinski definition) is 3. The third kappa shape index (κ3) is 4.32. The summed E-state index contributed by atoms with van der Waals surface area (Å²) in [7, 11) is 0. The Kier molecular flexibility index (Phi) is 6.43. The Labute approximate surface area is 141 Å². The highest BCUT2D eigenvalue weighted by atomic mass is 35.5. The molecule has 5 heteroatoms. The summed E-state index contributed by atoms with van der Waals surface area (Å²) in [5.74, 6) is 0.289. The second-order valence-electron chi connectivity index (χ2n) is 5.46. The first-order valence-electron chi connectivity index (χ1n) is 7.41. The molecule has 1 aromatic carbocycles. The standard InChI is InChI=1S/C17H20N2OS.ClH/c20-17(14-8-9-18-12-14)19-15(16-7-4-10-21-16)11-13-5-2-1-3-6-13;/h1-7,10,14-15,18H,8-9,11-12H2,(H,19,20);1H. The molecule has 2 unspecified atom stereocenters. The fraction of sp³-hybridized carbons (Fsp3) is 0.353. The Balaban J connectivity index is 0.00000176. The third-order valence-corrected chi connectivity index (χ3v) is 4.90. The third-order valence-electron chi connectivity index (χ3n) is 3.92. The van der Waals surface area contributed by atoms with Gasteiger partial charge in [0.05, 0.1) is 12.0 Å². The number of nitrogens with one attached hydrogen (secondary N) is 2. The van der Waals surface area contributed by atoms with E-state index < -0.39 is 0 Å². The molecule has 2 aromatic rings. The van der Waals surface area contributed by atoms with Crippen LogP contribution in [0.25, 0.3) is 0 Å². The van der Waals surface area contributed by atoms with Crippen LogP contribution >= 0.6 is 23.7 Å². The van der Waals surface area contributed by atoms with Crippen molar-refractivity contribution in [2.75, 3.05) is 13.1 Å². The Bertz CT molecular complexity index is 568. The maximum absolute atomic E-state index is 12.4. The van der Waals surface area contributed by atoms with Gasteiger partial charge in [-0.2, -0.15) is 0 Å². The van der Waals surface area contributed by atoms with Crippen molar-refractivity contribution >= 4 is 29.7 Å². The maximum Gasteiger partial charge on any atom is 0.224 e. The first-order valence-corrected chi connectivity index (χ1v) is 8.29. The summed E-state index contributed by atoms with van der Waals surface area (Å²) in [6, 6.07) is 14.6. The van der Waals surface area contributed by atoms with Crippen molar-refractivity contribution in [3.63, 3.8) is 0 Å². The van der Waals surface area contributed by atoms with E-state index in [9.17, 15) is 4.79 Å². The highest BCUT2D eigenvalue weighted by molar-refractivity contribution is 7.10. The first kappa shape index (κ1) is 17.0. The minimum atomic E-state index is 0. The summed E-state index contributed by atoms with van der Waals surface area (Å²) < 4.78 is 0. The van der Waals surface area contributed by atoms with E-state index in [1.807, 2.05) is 24.3 Å². The maximum atomic E-state index is 12.4. The summed E-state index contributed by atoms with van der Waals surface area (Å²) in [4.78, 5) is 13.6. The number of carbonyl (C=O) groups is 1. The molecule has 0 radical (unpaired) electrons. The second-order valence-corrected chi connectivity index (χ2v) is 6.44. The molecule has 0 bridgehead atoms. The molecule has 3 nitrogen and oxygen atoms in total. The van der Waals surface area contributed by atoms with Crippen LogP contribution in [0.2, 0.25) is 0 Å². The van der Waals surface area contributed by atoms with Crippen molar-refractivity contribution in [2.45, 2.75) is 18.9 Å². The van der Waals surface area contributed by atoms with Crippen LogP contribution in [0.4, 0.5) is 0 Å². The molecule has 22 heavy (non-hydrogen) atoms. The highest BCUT2D eigenvalue weighted by Crippen LogP contribution is 2.24. The van der Waals surface area contributed by atoms with E-state index in [1.54, 1.807) is 11.3 Å². The Hall–Kier alpha value is -1.36. The quantitative estimate of drug-likeness (QED) is 0.880. The van der Waals surface area contributed by atoms with E-state index in [0.717, 1.165) is 25.9 Å². The number of thiophene rings is 1. The van der Waals surface area contributed by atoms with E-state index in [1.165, 1.54) is 10.4 Å². The van der Waals surface area contributed by atoms with Gasteiger partial charge in [-0.1, -0.05) is 36.4 Å². The Morgan fingerprint density at radius 2 is 2.09 bits per heavy atom. The van der Waals surface area contributed by atoms with Crippen molar-refractivity contribution in [3.8, 4) is 0 Å². The lowest BCUT2D eigenvalue weighted by Gasteiger charge is -2.20. The fourth-order valence-electron chi connectivity index (χ4n) is 2.73. The average Bonchev–Trinajstić information content (AvgIpc) is 3.21. The number of rotatable bonds is 5. The van der Waals surface area contributed by atoms with Crippen LogP contribution in [0, 0.1) is 5.92 Å². The van der Waals surface area contributed by atoms with Crippen molar-refractivity contribution in [3.05, 3.63) is 58.3 Å². The molecule has 1 aliphatic rings. The summed E-state index contributed by atoms with van der Waals surface area (Å²) in [5.41, 5.74) is 1.25. The SMILES string of the molecule is Cl.O=C(NC(Cc1ccccc1)c1cccs1)C1CCNC1. The zero-order chi connectivity index (χ0) is 14.5. The molecule has 118 valence electrons. The minimum absolute atomic E-state index is 0. The molecule has 1 amide bonds. The van der Waals surface area contributed by atoms with Crippen LogP contribution in [0.3, 0.4) is 0 Å². The summed E-state index contributed by atoms with van der Waals surface area (Å²) in [6.07, 6.45) is 1.78. The summed E-state index contributed by atoms with van der Waals surface area (Å²) in [6.45, 7) is 1.74. The van der Waals surface area contributed by atoms with Crippen LogP contribution in [-0.2, 0) is 11.2 Å². The van der Waals surface area contributed by atoms with Gasteiger partial charge in [-0.05, 0) is 36.4 Å². The lowest BCUT2D eigenvalue weighted by molar-refractivity contribution is -0.125. The van der Waals surface area contributed by atoms with Crippen LogP contribution in [0.15, 0.2) is 47.8 Å². The number of halogens is 1. The van der Waals surface area contributed by atoms with Crippen molar-refractivity contribution < 1.29 is 4.79 Å². The van der Waals surface area contributed by atoms with Gasteiger partial charge in [-0.25, -0.2) is 0 Å². The average molecular weight is 337 g/mol. The lowest BCUT2D eigenvalue weighted by atomic mass is 10.0. The molecular weight excluding hydrogens is 316 g/mol. The molecule has 0 saturated carbocycles. The molecule has 1 saturated heterocycles. The molecule has 0 spiro atoms. The number of hydrogen-bond donors (Lipinski definition) is 2. The van der Waals surface area contributed by atoms with Crippen molar-refractivity contribution in [1.29, 1.82) is 0 Å². The number of benzene rings is 1. The molecule has 0 aliphatic carbocycles. The smallest absolute Gasteiger partial charge is 0.224 e. The van der Waals surface area contributed by atoms with Gasteiger partial charge in [0.2, 0.25) is 5.91 Å². The molecule has 2 atom stereocenters. The Morgan fingerprint density at radius 1 is 1.27 bits per heavy atom. The second kappa shape index (κ2) is 8.32. The largest absolute Gasteiger partial charge is 0.348 e. The molecule has 1 aromatic heterocycles. The topological polar surface area (TPSA) is 41.1 Å². The monoisotopic (exact) mass is 336 g/mol. The predicted molar refractivity (Wildman–Crippen MR) is 93.6 cm³/mol. The van der Waals surface area contributed by atoms with Gasteiger partial charge in [0, 0.05) is 11.4 Å². The van der Waals surface area contributed by atoms with E-state index in [0.29, 0.717) is 0 Å². The van der Waals surface area contributed by atoms with E-state index in [-0.39, 0.29) is 30.3 Å². The summed E-state index contributed by atoms with van der Waals surface area (Å²) in [5, 5.41) is 8.56. The van der Waals surface area contributed by atoms with Crippen LogP contribution in [0.1, 0.15) is 22.9 Å². The molecule has 3 rings (SSSR count). The van der Waals surface area contributed by atoms with Gasteiger partial charge < -0.3 is 10.6 Å². The van der Waals surface area contributed by atoms with Crippen LogP contribution in [0.5, 0.6) is 0 Å². The zero-order valence-electron chi connectivity index (χ0n) is 12.3.